The summed E-state index contributed by atoms with van der Waals surface area (Å²) in [6.07, 6.45) is 2.17. The van der Waals surface area contributed by atoms with Crippen LogP contribution in [-0.4, -0.2) is 29.5 Å². The zero-order chi connectivity index (χ0) is 10.4. The molecule has 1 aromatic rings. The molecule has 4 heteroatoms. The first-order valence-corrected chi connectivity index (χ1v) is 5.01. The molecule has 0 aliphatic rings. The molecule has 0 amide bonds. The van der Waals surface area contributed by atoms with Gasteiger partial charge in [0.1, 0.15) is 0 Å². The summed E-state index contributed by atoms with van der Waals surface area (Å²) >= 11 is 0. The van der Waals surface area contributed by atoms with Crippen LogP contribution in [0.3, 0.4) is 0 Å². The van der Waals surface area contributed by atoms with Crippen LogP contribution < -0.4 is 5.32 Å². The van der Waals surface area contributed by atoms with Crippen molar-refractivity contribution >= 4 is 0 Å². The third-order valence-corrected chi connectivity index (χ3v) is 1.98. The van der Waals surface area contributed by atoms with Gasteiger partial charge in [0.25, 0.3) is 0 Å². The van der Waals surface area contributed by atoms with Crippen LogP contribution in [0.15, 0.2) is 6.20 Å². The van der Waals surface area contributed by atoms with Crippen LogP contribution in [0.25, 0.3) is 0 Å². The SMILES string of the molecule is Cc1[nH]ncc1CNCCOC(C)C. The minimum atomic E-state index is 0.312. The van der Waals surface area contributed by atoms with Crippen LogP contribution in [0.2, 0.25) is 0 Å². The van der Waals surface area contributed by atoms with Crippen LogP contribution >= 0.6 is 0 Å². The first-order chi connectivity index (χ1) is 6.70. The van der Waals surface area contributed by atoms with Gasteiger partial charge in [0.05, 0.1) is 18.9 Å². The van der Waals surface area contributed by atoms with E-state index >= 15 is 0 Å². The van der Waals surface area contributed by atoms with Crippen LogP contribution in [-0.2, 0) is 11.3 Å². The van der Waals surface area contributed by atoms with E-state index in [1.54, 1.807) is 0 Å². The number of H-pyrrole nitrogens is 1. The van der Waals surface area contributed by atoms with Gasteiger partial charge in [-0.3, -0.25) is 5.10 Å². The highest BCUT2D eigenvalue weighted by atomic mass is 16.5. The van der Waals surface area contributed by atoms with Gasteiger partial charge in [0.15, 0.2) is 0 Å². The minimum absolute atomic E-state index is 0.312. The summed E-state index contributed by atoms with van der Waals surface area (Å²) in [5.74, 6) is 0. The van der Waals surface area contributed by atoms with Crippen molar-refractivity contribution in [3.05, 3.63) is 17.5 Å². The van der Waals surface area contributed by atoms with E-state index in [0.717, 1.165) is 25.4 Å². The number of hydrogen-bond donors (Lipinski definition) is 2. The van der Waals surface area contributed by atoms with Gasteiger partial charge in [-0.25, -0.2) is 0 Å². The monoisotopic (exact) mass is 197 g/mol. The zero-order valence-electron chi connectivity index (χ0n) is 9.13. The number of rotatable bonds is 6. The van der Waals surface area contributed by atoms with Crippen molar-refractivity contribution in [2.24, 2.45) is 0 Å². The number of aryl methyl sites for hydroxylation is 1. The summed E-state index contributed by atoms with van der Waals surface area (Å²) in [6, 6.07) is 0. The topological polar surface area (TPSA) is 49.9 Å². The minimum Gasteiger partial charge on any atom is -0.377 e. The number of aromatic nitrogens is 2. The largest absolute Gasteiger partial charge is 0.377 e. The molecular weight excluding hydrogens is 178 g/mol. The molecule has 0 aromatic carbocycles. The Hall–Kier alpha value is -0.870. The Morgan fingerprint density at radius 1 is 1.57 bits per heavy atom. The van der Waals surface area contributed by atoms with Gasteiger partial charge in [-0.1, -0.05) is 0 Å². The molecule has 0 aliphatic heterocycles. The van der Waals surface area contributed by atoms with Gasteiger partial charge < -0.3 is 10.1 Å². The smallest absolute Gasteiger partial charge is 0.0594 e. The Labute approximate surface area is 85.0 Å². The highest BCUT2D eigenvalue weighted by Crippen LogP contribution is 2.00. The first kappa shape index (κ1) is 11.2. The van der Waals surface area contributed by atoms with E-state index in [0.29, 0.717) is 6.10 Å². The zero-order valence-corrected chi connectivity index (χ0v) is 9.13. The standard InChI is InChI=1S/C10H19N3O/c1-8(2)14-5-4-11-6-10-7-12-13-9(10)3/h7-8,11H,4-6H2,1-3H3,(H,12,13). The molecular formula is C10H19N3O. The van der Waals surface area contributed by atoms with E-state index in [1.807, 2.05) is 27.0 Å². The molecule has 0 atom stereocenters. The summed E-state index contributed by atoms with van der Waals surface area (Å²) in [7, 11) is 0. The second-order valence-electron chi connectivity index (χ2n) is 3.62. The van der Waals surface area contributed by atoms with E-state index in [-0.39, 0.29) is 0 Å². The summed E-state index contributed by atoms with van der Waals surface area (Å²) in [6.45, 7) is 8.59. The summed E-state index contributed by atoms with van der Waals surface area (Å²) < 4.78 is 5.41. The molecule has 1 heterocycles. The van der Waals surface area contributed by atoms with Crippen molar-refractivity contribution < 1.29 is 4.74 Å². The molecule has 0 aliphatic carbocycles. The predicted molar refractivity (Wildman–Crippen MR) is 56.1 cm³/mol. The Balaban J connectivity index is 2.08. The third kappa shape index (κ3) is 3.89. The average molecular weight is 197 g/mol. The Morgan fingerprint density at radius 3 is 2.93 bits per heavy atom. The van der Waals surface area contributed by atoms with Gasteiger partial charge in [-0.05, 0) is 20.8 Å². The van der Waals surface area contributed by atoms with Crippen LogP contribution in [0.4, 0.5) is 0 Å². The van der Waals surface area contributed by atoms with Crippen molar-refractivity contribution in [2.75, 3.05) is 13.2 Å². The Kier molecular flexibility index (Phi) is 4.62. The maximum absolute atomic E-state index is 5.41. The number of nitrogens with one attached hydrogen (secondary N) is 2. The number of aromatic amines is 1. The molecule has 0 radical (unpaired) electrons. The van der Waals surface area contributed by atoms with E-state index in [4.69, 9.17) is 4.74 Å². The molecule has 1 rings (SSSR count). The maximum Gasteiger partial charge on any atom is 0.0594 e. The predicted octanol–water partition coefficient (Wildman–Crippen LogP) is 1.23. The highest BCUT2D eigenvalue weighted by Gasteiger charge is 1.98. The fourth-order valence-corrected chi connectivity index (χ4v) is 1.14. The highest BCUT2D eigenvalue weighted by molar-refractivity contribution is 5.13. The lowest BCUT2D eigenvalue weighted by Crippen LogP contribution is -2.21. The van der Waals surface area contributed by atoms with Crippen LogP contribution in [0.1, 0.15) is 25.1 Å². The molecule has 1 aromatic heterocycles. The molecule has 0 saturated carbocycles. The lowest BCUT2D eigenvalue weighted by Gasteiger charge is -2.07. The number of nitrogens with zero attached hydrogens (tertiary/aromatic N) is 1. The Bertz CT molecular complexity index is 258. The van der Waals surface area contributed by atoms with E-state index in [9.17, 15) is 0 Å². The molecule has 80 valence electrons. The molecule has 14 heavy (non-hydrogen) atoms. The van der Waals surface area contributed by atoms with Gasteiger partial charge in [0.2, 0.25) is 0 Å². The average Bonchev–Trinajstić information content (AvgIpc) is 2.51. The van der Waals surface area contributed by atoms with E-state index < -0.39 is 0 Å². The van der Waals surface area contributed by atoms with E-state index in [2.05, 4.69) is 15.5 Å². The third-order valence-electron chi connectivity index (χ3n) is 1.98. The molecule has 0 fully saturated rings. The maximum atomic E-state index is 5.41. The molecule has 4 nitrogen and oxygen atoms in total. The lowest BCUT2D eigenvalue weighted by molar-refractivity contribution is 0.0807. The second-order valence-corrected chi connectivity index (χ2v) is 3.62. The van der Waals surface area contributed by atoms with Crippen molar-refractivity contribution in [3.63, 3.8) is 0 Å². The summed E-state index contributed by atoms with van der Waals surface area (Å²) in [4.78, 5) is 0. The number of hydrogen-bond acceptors (Lipinski definition) is 3. The molecule has 0 saturated heterocycles. The fraction of sp³-hybridized carbons (Fsp3) is 0.700. The fourth-order valence-electron chi connectivity index (χ4n) is 1.14. The molecule has 0 unspecified atom stereocenters. The van der Waals surface area contributed by atoms with Crippen LogP contribution in [0.5, 0.6) is 0 Å². The van der Waals surface area contributed by atoms with Crippen molar-refractivity contribution in [3.8, 4) is 0 Å². The molecule has 0 spiro atoms. The number of ether oxygens (including phenoxy) is 1. The van der Waals surface area contributed by atoms with Gasteiger partial charge in [-0.2, -0.15) is 5.10 Å². The quantitative estimate of drug-likeness (QED) is 0.674. The molecule has 2 N–H and O–H groups in total. The summed E-state index contributed by atoms with van der Waals surface area (Å²) in [5, 5.41) is 10.2. The van der Waals surface area contributed by atoms with Gasteiger partial charge in [0, 0.05) is 24.3 Å². The van der Waals surface area contributed by atoms with E-state index in [1.165, 1.54) is 5.56 Å². The summed E-state index contributed by atoms with van der Waals surface area (Å²) in [5.41, 5.74) is 2.34. The van der Waals surface area contributed by atoms with Gasteiger partial charge in [-0.15, -0.1) is 0 Å². The lowest BCUT2D eigenvalue weighted by atomic mass is 10.3. The second kappa shape index (κ2) is 5.78. The van der Waals surface area contributed by atoms with Crippen molar-refractivity contribution in [1.29, 1.82) is 0 Å². The van der Waals surface area contributed by atoms with Crippen molar-refractivity contribution in [2.45, 2.75) is 33.4 Å². The van der Waals surface area contributed by atoms with Crippen LogP contribution in [0, 0.1) is 6.92 Å². The van der Waals surface area contributed by atoms with Crippen molar-refractivity contribution in [1.82, 2.24) is 15.5 Å². The normalized spacial score (nSPS) is 11.1. The Morgan fingerprint density at radius 2 is 2.36 bits per heavy atom. The molecule has 0 bridgehead atoms. The van der Waals surface area contributed by atoms with Gasteiger partial charge >= 0.3 is 0 Å². The first-order valence-electron chi connectivity index (χ1n) is 5.01.